The minimum atomic E-state index is -0.910. The summed E-state index contributed by atoms with van der Waals surface area (Å²) in [6.45, 7) is 8.67. The first kappa shape index (κ1) is 26.9. The third-order valence-corrected chi connectivity index (χ3v) is 7.18. The van der Waals surface area contributed by atoms with Gasteiger partial charge in [0.2, 0.25) is 0 Å². The summed E-state index contributed by atoms with van der Waals surface area (Å²) in [6.07, 6.45) is 1.39. The molecule has 1 aliphatic heterocycles. The second-order valence-corrected chi connectivity index (χ2v) is 10.2. The highest BCUT2D eigenvalue weighted by atomic mass is 32.2. The van der Waals surface area contributed by atoms with E-state index < -0.39 is 23.8 Å². The number of nitrogens with one attached hydrogen (secondary N) is 1. The first-order valence-corrected chi connectivity index (χ1v) is 13.3. The molecule has 1 aromatic rings. The standard InChI is InChI=1S/C27H35NO6S/c1-6-12-33-19-10-8-18(9-11-19)23-22(27(31)34-13-14-35-7-2)17(4)28-20-15-16(3)21(26(30)32-5)25(29)24(20)23/h8-11,16,21,23,28H,6-7,12-15H2,1-5H3/t16-,21+,23+/m0/s1. The second-order valence-electron chi connectivity index (χ2n) is 8.79. The Hall–Kier alpha value is -2.74. The van der Waals surface area contributed by atoms with Crippen LogP contribution in [0.3, 0.4) is 0 Å². The predicted molar refractivity (Wildman–Crippen MR) is 136 cm³/mol. The van der Waals surface area contributed by atoms with Gasteiger partial charge < -0.3 is 19.5 Å². The number of carbonyl (C=O) groups is 3. The summed E-state index contributed by atoms with van der Waals surface area (Å²) in [7, 11) is 1.29. The Morgan fingerprint density at radius 1 is 1.14 bits per heavy atom. The monoisotopic (exact) mass is 501 g/mol. The zero-order valence-corrected chi connectivity index (χ0v) is 22.0. The van der Waals surface area contributed by atoms with Gasteiger partial charge in [-0.1, -0.05) is 32.9 Å². The molecule has 1 aliphatic carbocycles. The van der Waals surface area contributed by atoms with Crippen molar-refractivity contribution in [3.05, 3.63) is 52.4 Å². The Bertz CT molecular complexity index is 1010. The van der Waals surface area contributed by atoms with Crippen LogP contribution in [-0.4, -0.2) is 49.6 Å². The second kappa shape index (κ2) is 12.3. The Morgan fingerprint density at radius 3 is 2.49 bits per heavy atom. The molecule has 0 saturated heterocycles. The van der Waals surface area contributed by atoms with E-state index in [0.717, 1.165) is 29.2 Å². The van der Waals surface area contributed by atoms with E-state index in [1.807, 2.05) is 45.0 Å². The van der Waals surface area contributed by atoms with Crippen LogP contribution in [0, 0.1) is 11.8 Å². The van der Waals surface area contributed by atoms with Crippen LogP contribution in [0.2, 0.25) is 0 Å². The third-order valence-electron chi connectivity index (χ3n) is 6.31. The third kappa shape index (κ3) is 5.92. The highest BCUT2D eigenvalue weighted by Crippen LogP contribution is 2.45. The van der Waals surface area contributed by atoms with E-state index >= 15 is 0 Å². The lowest BCUT2D eigenvalue weighted by molar-refractivity contribution is -0.151. The van der Waals surface area contributed by atoms with Gasteiger partial charge in [-0.2, -0.15) is 11.8 Å². The molecule has 2 aliphatic rings. The minimum Gasteiger partial charge on any atom is -0.494 e. The number of ether oxygens (including phenoxy) is 3. The molecule has 35 heavy (non-hydrogen) atoms. The molecule has 0 radical (unpaired) electrons. The molecule has 0 unspecified atom stereocenters. The van der Waals surface area contributed by atoms with Gasteiger partial charge in [-0.15, -0.1) is 0 Å². The summed E-state index contributed by atoms with van der Waals surface area (Å²) in [5, 5.41) is 3.28. The van der Waals surface area contributed by atoms with Crippen molar-refractivity contribution < 1.29 is 28.6 Å². The topological polar surface area (TPSA) is 90.9 Å². The van der Waals surface area contributed by atoms with Crippen molar-refractivity contribution in [2.24, 2.45) is 11.8 Å². The van der Waals surface area contributed by atoms with Crippen LogP contribution in [0.15, 0.2) is 46.8 Å². The molecule has 0 aromatic heterocycles. The van der Waals surface area contributed by atoms with Crippen molar-refractivity contribution in [3.63, 3.8) is 0 Å². The molecular weight excluding hydrogens is 466 g/mol. The van der Waals surface area contributed by atoms with Crippen LogP contribution in [0.1, 0.15) is 52.0 Å². The molecule has 0 fully saturated rings. The van der Waals surface area contributed by atoms with Crippen molar-refractivity contribution in [1.82, 2.24) is 5.32 Å². The number of dihydropyridines is 1. The summed E-state index contributed by atoms with van der Waals surface area (Å²) in [5.74, 6) is -0.752. The molecule has 0 bridgehead atoms. The van der Waals surface area contributed by atoms with Gasteiger partial charge in [-0.05, 0) is 49.1 Å². The van der Waals surface area contributed by atoms with Crippen LogP contribution in [0.5, 0.6) is 5.75 Å². The normalized spacial score (nSPS) is 21.9. The Morgan fingerprint density at radius 2 is 1.86 bits per heavy atom. The fourth-order valence-electron chi connectivity index (χ4n) is 4.68. The summed E-state index contributed by atoms with van der Waals surface area (Å²) in [6, 6.07) is 7.43. The van der Waals surface area contributed by atoms with Crippen LogP contribution in [-0.2, 0) is 23.9 Å². The predicted octanol–water partition coefficient (Wildman–Crippen LogP) is 4.38. The quantitative estimate of drug-likeness (QED) is 0.287. The average molecular weight is 502 g/mol. The number of rotatable bonds is 10. The number of ketones is 1. The summed E-state index contributed by atoms with van der Waals surface area (Å²) >= 11 is 1.69. The van der Waals surface area contributed by atoms with Gasteiger partial charge in [0.05, 0.1) is 19.3 Å². The number of hydrogen-bond donors (Lipinski definition) is 1. The number of carbonyl (C=O) groups excluding carboxylic acids is 3. The van der Waals surface area contributed by atoms with Crippen molar-refractivity contribution >= 4 is 29.5 Å². The van der Waals surface area contributed by atoms with Gasteiger partial charge in [0, 0.05) is 28.6 Å². The lowest BCUT2D eigenvalue weighted by Crippen LogP contribution is -2.43. The molecule has 190 valence electrons. The molecule has 3 rings (SSSR count). The van der Waals surface area contributed by atoms with E-state index in [1.165, 1.54) is 7.11 Å². The van der Waals surface area contributed by atoms with Crippen molar-refractivity contribution in [1.29, 1.82) is 0 Å². The molecule has 0 amide bonds. The smallest absolute Gasteiger partial charge is 0.336 e. The summed E-state index contributed by atoms with van der Waals surface area (Å²) in [4.78, 5) is 39.6. The van der Waals surface area contributed by atoms with Gasteiger partial charge in [0.15, 0.2) is 5.78 Å². The molecule has 1 aromatic carbocycles. The lowest BCUT2D eigenvalue weighted by atomic mass is 9.69. The van der Waals surface area contributed by atoms with Crippen molar-refractivity contribution in [3.8, 4) is 5.75 Å². The SMILES string of the molecule is CCCOc1ccc([C@@H]2C(C(=O)OCCSCC)=C(C)NC3=C2C(=O)[C@H](C(=O)OC)[C@@H](C)C3)cc1. The molecule has 1 heterocycles. The van der Waals surface area contributed by atoms with Crippen LogP contribution < -0.4 is 10.1 Å². The van der Waals surface area contributed by atoms with Crippen LogP contribution in [0.25, 0.3) is 0 Å². The number of methoxy groups -OCH3 is 1. The van der Waals surface area contributed by atoms with E-state index in [4.69, 9.17) is 14.2 Å². The molecular formula is C27H35NO6S. The Balaban J connectivity index is 2.04. The Kier molecular flexibility index (Phi) is 9.43. The maximum atomic E-state index is 13.7. The zero-order chi connectivity index (χ0) is 25.5. The zero-order valence-electron chi connectivity index (χ0n) is 21.1. The van der Waals surface area contributed by atoms with E-state index in [2.05, 4.69) is 12.2 Å². The largest absolute Gasteiger partial charge is 0.494 e. The molecule has 1 N–H and O–H groups in total. The number of benzene rings is 1. The van der Waals surface area contributed by atoms with Gasteiger partial charge in [-0.3, -0.25) is 9.59 Å². The molecule has 8 heteroatoms. The van der Waals surface area contributed by atoms with Crippen molar-refractivity contribution in [2.45, 2.75) is 46.5 Å². The highest BCUT2D eigenvalue weighted by molar-refractivity contribution is 7.99. The first-order chi connectivity index (χ1) is 16.8. The van der Waals surface area contributed by atoms with Crippen LogP contribution in [0.4, 0.5) is 0 Å². The number of esters is 2. The Labute approximate surface area is 211 Å². The van der Waals surface area contributed by atoms with E-state index in [0.29, 0.717) is 35.6 Å². The van der Waals surface area contributed by atoms with E-state index in [9.17, 15) is 14.4 Å². The van der Waals surface area contributed by atoms with Gasteiger partial charge in [-0.25, -0.2) is 4.79 Å². The fourth-order valence-corrected chi connectivity index (χ4v) is 5.17. The number of thioether (sulfide) groups is 1. The summed E-state index contributed by atoms with van der Waals surface area (Å²) in [5.41, 5.74) is 2.99. The number of hydrogen-bond acceptors (Lipinski definition) is 8. The maximum Gasteiger partial charge on any atom is 0.336 e. The highest BCUT2D eigenvalue weighted by Gasteiger charge is 2.47. The van der Waals surface area contributed by atoms with E-state index in [-0.39, 0.29) is 18.3 Å². The fraction of sp³-hybridized carbons (Fsp3) is 0.519. The average Bonchev–Trinajstić information content (AvgIpc) is 2.84. The molecule has 7 nitrogen and oxygen atoms in total. The van der Waals surface area contributed by atoms with Crippen molar-refractivity contribution in [2.75, 3.05) is 31.8 Å². The molecule has 0 spiro atoms. The van der Waals surface area contributed by atoms with Gasteiger partial charge in [0.1, 0.15) is 18.3 Å². The van der Waals surface area contributed by atoms with Gasteiger partial charge in [0.25, 0.3) is 0 Å². The molecule has 3 atom stereocenters. The maximum absolute atomic E-state index is 13.7. The number of allylic oxidation sites excluding steroid dienone is 3. The summed E-state index contributed by atoms with van der Waals surface area (Å²) < 4.78 is 16.3. The lowest BCUT2D eigenvalue weighted by Gasteiger charge is -2.38. The first-order valence-electron chi connectivity index (χ1n) is 12.1. The van der Waals surface area contributed by atoms with Gasteiger partial charge >= 0.3 is 11.9 Å². The van der Waals surface area contributed by atoms with Crippen LogP contribution >= 0.6 is 11.8 Å². The number of Topliss-reactive ketones (excluding diaryl/α,β-unsaturated/α-hetero) is 1. The molecule has 0 saturated carbocycles. The minimum absolute atomic E-state index is 0.223. The van der Waals surface area contributed by atoms with E-state index in [1.54, 1.807) is 11.8 Å².